The summed E-state index contributed by atoms with van der Waals surface area (Å²) in [5.41, 5.74) is 1.06. The van der Waals surface area contributed by atoms with E-state index in [0.717, 1.165) is 4.90 Å². The maximum atomic E-state index is 12.1. The first-order valence-corrected chi connectivity index (χ1v) is 6.12. The van der Waals surface area contributed by atoms with Gasteiger partial charge in [0.15, 0.2) is 0 Å². The first-order valence-electron chi connectivity index (χ1n) is 6.12. The largest absolute Gasteiger partial charge is 0.465 e. The molecule has 2 amide bonds. The summed E-state index contributed by atoms with van der Waals surface area (Å²) in [4.78, 5) is 47.1. The zero-order valence-corrected chi connectivity index (χ0v) is 10.9. The lowest BCUT2D eigenvalue weighted by Gasteiger charge is -2.26. The number of esters is 1. The van der Waals surface area contributed by atoms with Crippen LogP contribution >= 0.6 is 0 Å². The molecule has 0 fully saturated rings. The van der Waals surface area contributed by atoms with Gasteiger partial charge in [-0.15, -0.1) is 0 Å². The first-order chi connectivity index (χ1) is 9.50. The van der Waals surface area contributed by atoms with E-state index in [-0.39, 0.29) is 19.4 Å². The third kappa shape index (κ3) is 2.74. The van der Waals surface area contributed by atoms with E-state index in [0.29, 0.717) is 11.3 Å². The van der Waals surface area contributed by atoms with Crippen molar-refractivity contribution in [2.45, 2.75) is 19.8 Å². The minimum Gasteiger partial charge on any atom is -0.465 e. The van der Waals surface area contributed by atoms with E-state index >= 15 is 0 Å². The highest BCUT2D eigenvalue weighted by Gasteiger charge is 2.34. The van der Waals surface area contributed by atoms with Crippen molar-refractivity contribution in [2.75, 3.05) is 11.5 Å². The van der Waals surface area contributed by atoms with Gasteiger partial charge in [0.2, 0.25) is 11.7 Å². The van der Waals surface area contributed by atoms with Gasteiger partial charge in [-0.05, 0) is 11.6 Å². The number of hydrogen-bond acceptors (Lipinski definition) is 5. The number of para-hydroxylation sites is 1. The Bertz CT molecular complexity index is 593. The third-order valence-corrected chi connectivity index (χ3v) is 2.90. The molecule has 6 nitrogen and oxygen atoms in total. The molecule has 1 aromatic rings. The molecule has 0 atom stereocenters. The highest BCUT2D eigenvalue weighted by atomic mass is 16.5. The molecule has 20 heavy (non-hydrogen) atoms. The Morgan fingerprint density at radius 2 is 1.95 bits per heavy atom. The van der Waals surface area contributed by atoms with E-state index in [1.54, 1.807) is 24.3 Å². The number of ketones is 1. The molecule has 0 unspecified atom stereocenters. The summed E-state index contributed by atoms with van der Waals surface area (Å²) in [5.74, 6) is -2.52. The average Bonchev–Trinajstić information content (AvgIpc) is 2.39. The number of amides is 2. The van der Waals surface area contributed by atoms with Crippen LogP contribution in [0.3, 0.4) is 0 Å². The molecular weight excluding hydrogens is 262 g/mol. The Morgan fingerprint density at radius 3 is 2.65 bits per heavy atom. The quantitative estimate of drug-likeness (QED) is 0.597. The van der Waals surface area contributed by atoms with Crippen molar-refractivity contribution in [1.29, 1.82) is 0 Å². The lowest BCUT2D eigenvalue weighted by molar-refractivity contribution is -0.142. The zero-order chi connectivity index (χ0) is 14.7. The van der Waals surface area contributed by atoms with E-state index in [9.17, 15) is 19.2 Å². The van der Waals surface area contributed by atoms with Crippen LogP contribution in [0.25, 0.3) is 0 Å². The van der Waals surface area contributed by atoms with E-state index in [2.05, 4.69) is 4.74 Å². The van der Waals surface area contributed by atoms with Crippen molar-refractivity contribution in [1.82, 2.24) is 0 Å². The molecule has 1 aliphatic rings. The second-order valence-electron chi connectivity index (χ2n) is 4.35. The number of benzene rings is 1. The van der Waals surface area contributed by atoms with Crippen molar-refractivity contribution in [2.24, 2.45) is 0 Å². The molecule has 6 heteroatoms. The predicted molar refractivity (Wildman–Crippen MR) is 68.9 cm³/mol. The van der Waals surface area contributed by atoms with Crippen LogP contribution in [0.5, 0.6) is 0 Å². The van der Waals surface area contributed by atoms with Gasteiger partial charge in [0, 0.05) is 13.3 Å². The number of fused-ring (bicyclic) bond motifs is 1. The van der Waals surface area contributed by atoms with E-state index in [1.807, 2.05) is 0 Å². The highest BCUT2D eigenvalue weighted by molar-refractivity contribution is 6.48. The smallest absolute Gasteiger partial charge is 0.302 e. The van der Waals surface area contributed by atoms with Crippen LogP contribution in [0, 0.1) is 0 Å². The lowest BCUT2D eigenvalue weighted by atomic mass is 10.00. The molecule has 1 aliphatic heterocycles. The second-order valence-corrected chi connectivity index (χ2v) is 4.35. The van der Waals surface area contributed by atoms with Crippen molar-refractivity contribution in [3.63, 3.8) is 0 Å². The number of carbonyl (C=O) groups is 4. The fourth-order valence-corrected chi connectivity index (χ4v) is 2.00. The van der Waals surface area contributed by atoms with Crippen molar-refractivity contribution >= 4 is 29.3 Å². The van der Waals surface area contributed by atoms with Crippen LogP contribution in [-0.4, -0.2) is 30.2 Å². The number of nitrogens with zero attached hydrogens (tertiary/aromatic N) is 1. The number of imide groups is 1. The predicted octanol–water partition coefficient (Wildman–Crippen LogP) is 0.625. The molecule has 0 saturated carbocycles. The Hall–Kier alpha value is -2.50. The molecule has 104 valence electrons. The molecular formula is C14H13NO5. The molecule has 0 bridgehead atoms. The highest BCUT2D eigenvalue weighted by Crippen LogP contribution is 2.26. The Balaban J connectivity index is 2.21. The molecule has 1 aromatic carbocycles. The summed E-state index contributed by atoms with van der Waals surface area (Å²) in [5, 5.41) is 0. The van der Waals surface area contributed by atoms with Crippen LogP contribution in [-0.2, 0) is 30.3 Å². The molecule has 1 heterocycles. The number of Topliss-reactive ketones (excluding diaryl/α,β-unsaturated/α-hetero) is 1. The standard InChI is InChI=1S/C14H13NO5/c1-9(16)20-7-6-13(18)15-11-5-3-2-4-10(11)8-12(17)14(15)19/h2-5H,6-8H2,1H3. The Morgan fingerprint density at radius 1 is 1.25 bits per heavy atom. The van der Waals surface area contributed by atoms with Gasteiger partial charge in [-0.25, -0.2) is 4.90 Å². The Kier molecular flexibility index (Phi) is 3.93. The van der Waals surface area contributed by atoms with Crippen LogP contribution < -0.4 is 4.90 Å². The number of hydrogen-bond donors (Lipinski definition) is 0. The van der Waals surface area contributed by atoms with Crippen LogP contribution in [0.4, 0.5) is 5.69 Å². The van der Waals surface area contributed by atoms with Crippen molar-refractivity contribution in [3.05, 3.63) is 29.8 Å². The monoisotopic (exact) mass is 275 g/mol. The van der Waals surface area contributed by atoms with Gasteiger partial charge in [0.05, 0.1) is 12.1 Å². The Labute approximate surface area is 115 Å². The second kappa shape index (κ2) is 5.64. The first kappa shape index (κ1) is 13.9. The van der Waals surface area contributed by atoms with Crippen molar-refractivity contribution in [3.8, 4) is 0 Å². The molecule has 0 saturated heterocycles. The summed E-state index contributed by atoms with van der Waals surface area (Å²) in [6.07, 6.45) is -0.143. The molecule has 0 spiro atoms. The summed E-state index contributed by atoms with van der Waals surface area (Å²) < 4.78 is 4.67. The maximum absolute atomic E-state index is 12.1. The molecule has 0 radical (unpaired) electrons. The zero-order valence-electron chi connectivity index (χ0n) is 10.9. The summed E-state index contributed by atoms with van der Waals surface area (Å²) in [6, 6.07) is 6.74. The molecule has 0 aliphatic carbocycles. The van der Waals surface area contributed by atoms with Crippen LogP contribution in [0.15, 0.2) is 24.3 Å². The van der Waals surface area contributed by atoms with Gasteiger partial charge >= 0.3 is 11.9 Å². The molecule has 0 aromatic heterocycles. The minimum absolute atomic E-state index is 0.00271. The third-order valence-electron chi connectivity index (χ3n) is 2.90. The average molecular weight is 275 g/mol. The SMILES string of the molecule is CC(=O)OCCC(=O)N1C(=O)C(=O)Cc2ccccc21. The fourth-order valence-electron chi connectivity index (χ4n) is 2.00. The number of ether oxygens (including phenoxy) is 1. The summed E-state index contributed by atoms with van der Waals surface area (Å²) in [6.45, 7) is 1.11. The summed E-state index contributed by atoms with van der Waals surface area (Å²) >= 11 is 0. The topological polar surface area (TPSA) is 80.8 Å². The van der Waals surface area contributed by atoms with Gasteiger partial charge in [-0.3, -0.25) is 19.2 Å². The molecule has 2 rings (SSSR count). The van der Waals surface area contributed by atoms with E-state index in [4.69, 9.17) is 0 Å². The normalized spacial score (nSPS) is 13.9. The summed E-state index contributed by atoms with van der Waals surface area (Å²) in [7, 11) is 0. The lowest BCUT2D eigenvalue weighted by Crippen LogP contribution is -2.45. The van der Waals surface area contributed by atoms with E-state index < -0.39 is 23.6 Å². The van der Waals surface area contributed by atoms with Gasteiger partial charge < -0.3 is 4.74 Å². The van der Waals surface area contributed by atoms with E-state index in [1.165, 1.54) is 6.92 Å². The van der Waals surface area contributed by atoms with Gasteiger partial charge in [-0.1, -0.05) is 18.2 Å². The van der Waals surface area contributed by atoms with Crippen LogP contribution in [0.1, 0.15) is 18.9 Å². The van der Waals surface area contributed by atoms with Gasteiger partial charge in [-0.2, -0.15) is 0 Å². The fraction of sp³-hybridized carbons (Fsp3) is 0.286. The van der Waals surface area contributed by atoms with Crippen LogP contribution in [0.2, 0.25) is 0 Å². The maximum Gasteiger partial charge on any atom is 0.302 e. The number of rotatable bonds is 3. The minimum atomic E-state index is -0.837. The molecule has 0 N–H and O–H groups in total. The number of anilines is 1. The number of carbonyl (C=O) groups excluding carboxylic acids is 4. The van der Waals surface area contributed by atoms with Crippen molar-refractivity contribution < 1.29 is 23.9 Å². The van der Waals surface area contributed by atoms with Gasteiger partial charge in [0.25, 0.3) is 0 Å². The van der Waals surface area contributed by atoms with Gasteiger partial charge in [0.1, 0.15) is 6.61 Å².